The van der Waals surface area contributed by atoms with Crippen molar-refractivity contribution in [3.63, 3.8) is 0 Å². The van der Waals surface area contributed by atoms with E-state index in [4.69, 9.17) is 20.7 Å². The number of amides is 2. The number of para-hydroxylation sites is 1. The number of rotatable bonds is 6. The smallest absolute Gasteiger partial charge is 0.314 e. The normalized spacial score (nSPS) is 17.2. The number of nitrogens with two attached hydrogens (primary N) is 1. The van der Waals surface area contributed by atoms with Crippen LogP contribution in [-0.4, -0.2) is 61.8 Å². The van der Waals surface area contributed by atoms with Gasteiger partial charge in [0.1, 0.15) is 11.0 Å². The number of primary amides is 1. The number of carbonyl (C=O) groups excluding carboxylic acids is 1. The predicted octanol–water partition coefficient (Wildman–Crippen LogP) is 3.72. The molecule has 1 saturated carbocycles. The van der Waals surface area contributed by atoms with Crippen LogP contribution in [0.5, 0.6) is 0 Å². The first kappa shape index (κ1) is 22.5. The Morgan fingerprint density at radius 2 is 1.83 bits per heavy atom. The van der Waals surface area contributed by atoms with Crippen molar-refractivity contribution >= 4 is 39.7 Å². The Hall–Kier alpha value is -3.95. The fraction of sp³-hybridized carbons (Fsp3) is 0.423. The average molecular weight is 486 g/mol. The highest BCUT2D eigenvalue weighted by atomic mass is 16.2. The zero-order chi connectivity index (χ0) is 24.8. The third-order valence-corrected chi connectivity index (χ3v) is 7.15. The molecule has 0 spiro atoms. The standard InChI is InChI=1S/C26H31N9O/c1-16(2)35-23-21(15-29-35)30-26(34-11-9-33(10-12-34)25(27)36)32-24(23)31-22(17-7-8-17)19-13-18-5-3-4-6-20(18)28-14-19/h3-6,13-17,22H,7-12H2,1-2H3,(H2,27,36)(H,30,31,32)/t22-/m1/s1. The van der Waals surface area contributed by atoms with Crippen molar-refractivity contribution in [2.45, 2.75) is 38.8 Å². The summed E-state index contributed by atoms with van der Waals surface area (Å²) in [6.45, 7) is 6.59. The largest absolute Gasteiger partial charge is 0.361 e. The molecule has 186 valence electrons. The molecule has 0 unspecified atom stereocenters. The van der Waals surface area contributed by atoms with Crippen LogP contribution in [0.15, 0.2) is 42.7 Å². The summed E-state index contributed by atoms with van der Waals surface area (Å²) in [5.74, 6) is 1.95. The van der Waals surface area contributed by atoms with E-state index in [1.807, 2.05) is 35.3 Å². The van der Waals surface area contributed by atoms with Crippen LogP contribution in [0, 0.1) is 5.92 Å². The number of hydrogen-bond acceptors (Lipinski definition) is 7. The molecule has 1 aliphatic carbocycles. The molecule has 0 bridgehead atoms. The van der Waals surface area contributed by atoms with Gasteiger partial charge in [-0.2, -0.15) is 10.1 Å². The third kappa shape index (κ3) is 4.16. The van der Waals surface area contributed by atoms with Crippen LogP contribution in [0.4, 0.5) is 16.6 Å². The Balaban J connectivity index is 1.39. The van der Waals surface area contributed by atoms with Crippen LogP contribution >= 0.6 is 0 Å². The lowest BCUT2D eigenvalue weighted by molar-refractivity contribution is 0.204. The van der Waals surface area contributed by atoms with Gasteiger partial charge in [-0.25, -0.2) is 9.78 Å². The highest BCUT2D eigenvalue weighted by Crippen LogP contribution is 2.44. The van der Waals surface area contributed by atoms with Gasteiger partial charge in [0.2, 0.25) is 5.95 Å². The first-order valence-corrected chi connectivity index (χ1v) is 12.6. The van der Waals surface area contributed by atoms with Crippen LogP contribution in [0.1, 0.15) is 44.3 Å². The van der Waals surface area contributed by atoms with Crippen molar-refractivity contribution in [3.05, 3.63) is 48.3 Å². The van der Waals surface area contributed by atoms with E-state index in [1.165, 1.54) is 12.8 Å². The molecule has 36 heavy (non-hydrogen) atoms. The van der Waals surface area contributed by atoms with Crippen LogP contribution in [0.2, 0.25) is 0 Å². The molecule has 10 heteroatoms. The van der Waals surface area contributed by atoms with Gasteiger partial charge in [-0.15, -0.1) is 0 Å². The monoisotopic (exact) mass is 485 g/mol. The lowest BCUT2D eigenvalue weighted by atomic mass is 10.0. The first-order chi connectivity index (χ1) is 17.5. The highest BCUT2D eigenvalue weighted by molar-refractivity contribution is 5.87. The number of piperazine rings is 1. The molecule has 2 fully saturated rings. The van der Waals surface area contributed by atoms with Crippen LogP contribution in [0.25, 0.3) is 21.9 Å². The lowest BCUT2D eigenvalue weighted by Gasteiger charge is -2.34. The number of pyridine rings is 1. The van der Waals surface area contributed by atoms with Gasteiger partial charge in [0, 0.05) is 43.8 Å². The van der Waals surface area contributed by atoms with Gasteiger partial charge in [-0.1, -0.05) is 18.2 Å². The summed E-state index contributed by atoms with van der Waals surface area (Å²) in [4.78, 5) is 30.0. The Bertz CT molecular complexity index is 1420. The van der Waals surface area contributed by atoms with Gasteiger partial charge in [-0.3, -0.25) is 9.67 Å². The molecule has 6 rings (SSSR count). The molecule has 1 saturated heterocycles. The molecule has 10 nitrogen and oxygen atoms in total. The van der Waals surface area contributed by atoms with Gasteiger partial charge in [0.15, 0.2) is 5.82 Å². The fourth-order valence-corrected chi connectivity index (χ4v) is 5.02. The number of hydrogen-bond donors (Lipinski definition) is 2. The lowest BCUT2D eigenvalue weighted by Crippen LogP contribution is -2.51. The van der Waals surface area contributed by atoms with Crippen molar-refractivity contribution in [1.82, 2.24) is 29.6 Å². The predicted molar refractivity (Wildman–Crippen MR) is 140 cm³/mol. The fourth-order valence-electron chi connectivity index (χ4n) is 5.02. The summed E-state index contributed by atoms with van der Waals surface area (Å²) in [6, 6.07) is 10.3. The molecular formula is C26H31N9O. The maximum absolute atomic E-state index is 11.6. The van der Waals surface area contributed by atoms with Crippen LogP contribution in [-0.2, 0) is 0 Å². The van der Waals surface area contributed by atoms with E-state index < -0.39 is 0 Å². The Morgan fingerprint density at radius 1 is 1.06 bits per heavy atom. The zero-order valence-electron chi connectivity index (χ0n) is 20.6. The number of fused-ring (bicyclic) bond motifs is 2. The number of urea groups is 1. The van der Waals surface area contributed by atoms with Crippen LogP contribution < -0.4 is 16.0 Å². The number of carbonyl (C=O) groups is 1. The summed E-state index contributed by atoms with van der Waals surface area (Å²) in [5, 5.41) is 9.56. The minimum Gasteiger partial charge on any atom is -0.361 e. The molecule has 3 aromatic heterocycles. The van der Waals surface area contributed by atoms with Gasteiger partial charge >= 0.3 is 6.03 Å². The molecule has 1 atom stereocenters. The summed E-state index contributed by atoms with van der Waals surface area (Å²) in [5.41, 5.74) is 9.34. The van der Waals surface area contributed by atoms with E-state index >= 15 is 0 Å². The van der Waals surface area contributed by atoms with E-state index in [0.717, 1.165) is 33.3 Å². The van der Waals surface area contributed by atoms with Gasteiger partial charge in [0.25, 0.3) is 0 Å². The maximum atomic E-state index is 11.6. The summed E-state index contributed by atoms with van der Waals surface area (Å²) < 4.78 is 1.98. The second-order valence-corrected chi connectivity index (χ2v) is 10.0. The molecule has 0 radical (unpaired) electrons. The molecule has 2 aliphatic rings. The van der Waals surface area contributed by atoms with Crippen molar-refractivity contribution in [2.24, 2.45) is 11.7 Å². The van der Waals surface area contributed by atoms with Crippen molar-refractivity contribution in [3.8, 4) is 0 Å². The minimum atomic E-state index is -0.386. The Morgan fingerprint density at radius 3 is 2.56 bits per heavy atom. The minimum absolute atomic E-state index is 0.0928. The van der Waals surface area contributed by atoms with Crippen molar-refractivity contribution < 1.29 is 4.79 Å². The number of benzene rings is 1. The average Bonchev–Trinajstić information content (AvgIpc) is 3.64. The van der Waals surface area contributed by atoms with Crippen molar-refractivity contribution in [1.29, 1.82) is 0 Å². The van der Waals surface area contributed by atoms with E-state index in [-0.39, 0.29) is 18.1 Å². The molecule has 1 aliphatic heterocycles. The van der Waals surface area contributed by atoms with Gasteiger partial charge in [0.05, 0.1) is 17.8 Å². The van der Waals surface area contributed by atoms with E-state index in [1.54, 1.807) is 4.90 Å². The molecule has 3 N–H and O–H groups in total. The van der Waals surface area contributed by atoms with E-state index in [0.29, 0.717) is 38.0 Å². The second kappa shape index (κ2) is 8.92. The molecular weight excluding hydrogens is 454 g/mol. The molecule has 4 heterocycles. The summed E-state index contributed by atoms with van der Waals surface area (Å²) in [6.07, 6.45) is 6.14. The van der Waals surface area contributed by atoms with E-state index in [9.17, 15) is 4.79 Å². The maximum Gasteiger partial charge on any atom is 0.314 e. The SMILES string of the molecule is CC(C)n1ncc2nc(N3CCN(C(N)=O)CC3)nc(N[C@@H](c3cnc4ccccc4c3)C3CC3)c21. The summed E-state index contributed by atoms with van der Waals surface area (Å²) >= 11 is 0. The molecule has 2 amide bonds. The summed E-state index contributed by atoms with van der Waals surface area (Å²) in [7, 11) is 0. The number of anilines is 2. The third-order valence-electron chi connectivity index (χ3n) is 7.15. The number of nitrogens with zero attached hydrogens (tertiary/aromatic N) is 7. The van der Waals surface area contributed by atoms with Gasteiger partial charge in [-0.05, 0) is 50.3 Å². The quantitative estimate of drug-likeness (QED) is 0.427. The first-order valence-electron chi connectivity index (χ1n) is 12.6. The van der Waals surface area contributed by atoms with Gasteiger partial charge < -0.3 is 20.9 Å². The zero-order valence-corrected chi connectivity index (χ0v) is 20.6. The second-order valence-electron chi connectivity index (χ2n) is 10.0. The van der Waals surface area contributed by atoms with Crippen molar-refractivity contribution in [2.75, 3.05) is 36.4 Å². The Labute approximate surface area is 209 Å². The van der Waals surface area contributed by atoms with Crippen LogP contribution in [0.3, 0.4) is 0 Å². The highest BCUT2D eigenvalue weighted by Gasteiger charge is 2.34. The Kier molecular flexibility index (Phi) is 5.58. The molecule has 4 aromatic rings. The molecule has 1 aromatic carbocycles. The number of nitrogens with one attached hydrogen (secondary N) is 1. The topological polar surface area (TPSA) is 118 Å². The van der Waals surface area contributed by atoms with E-state index in [2.05, 4.69) is 41.3 Å². The number of aromatic nitrogens is 5.